The van der Waals surface area contributed by atoms with Gasteiger partial charge in [-0.05, 0) is 19.1 Å². The molecule has 0 amide bonds. The van der Waals surface area contributed by atoms with Gasteiger partial charge in [0.25, 0.3) is 5.56 Å². The Bertz CT molecular complexity index is 943. The van der Waals surface area contributed by atoms with Gasteiger partial charge in [0.1, 0.15) is 11.2 Å². The van der Waals surface area contributed by atoms with Crippen LogP contribution in [-0.2, 0) is 0 Å². The Hall–Kier alpha value is -2.70. The van der Waals surface area contributed by atoms with Gasteiger partial charge >= 0.3 is 0 Å². The van der Waals surface area contributed by atoms with E-state index in [0.717, 1.165) is 0 Å². The molecular formula is C16H17FN4O2. The molecule has 0 saturated carbocycles. The molecular weight excluding hydrogens is 299 g/mol. The van der Waals surface area contributed by atoms with Crippen LogP contribution in [-0.4, -0.2) is 26.9 Å². The van der Waals surface area contributed by atoms with Gasteiger partial charge in [0.15, 0.2) is 5.82 Å². The predicted molar refractivity (Wildman–Crippen MR) is 84.4 cm³/mol. The van der Waals surface area contributed by atoms with E-state index < -0.39 is 5.82 Å². The highest BCUT2D eigenvalue weighted by Gasteiger charge is 2.22. The highest BCUT2D eigenvalue weighted by atomic mass is 19.1. The molecule has 120 valence electrons. The molecule has 3 aromatic heterocycles. The second-order valence-electron chi connectivity index (χ2n) is 5.67. The van der Waals surface area contributed by atoms with Crippen molar-refractivity contribution in [2.45, 2.75) is 26.7 Å². The van der Waals surface area contributed by atoms with Crippen molar-refractivity contribution < 1.29 is 9.13 Å². The van der Waals surface area contributed by atoms with Gasteiger partial charge in [-0.3, -0.25) is 4.79 Å². The Morgan fingerprint density at radius 2 is 2.09 bits per heavy atom. The van der Waals surface area contributed by atoms with Crippen LogP contribution in [0.3, 0.4) is 0 Å². The molecule has 0 saturated heterocycles. The maximum absolute atomic E-state index is 14.9. The van der Waals surface area contributed by atoms with Crippen molar-refractivity contribution in [2.75, 3.05) is 7.11 Å². The van der Waals surface area contributed by atoms with Gasteiger partial charge in [-0.15, -0.1) is 0 Å². The van der Waals surface area contributed by atoms with E-state index in [-0.39, 0.29) is 17.0 Å². The SMILES string of the molecule is COc1ccc(-c2cc(C)c(=O)[nH]n2)c2c(F)c(C(C)C)nn12. The fourth-order valence-corrected chi connectivity index (χ4v) is 2.48. The molecule has 0 aliphatic heterocycles. The standard InChI is InChI=1S/C16H17FN4O2/c1-8(2)14-13(17)15-10(5-6-12(23-4)21(15)20-14)11-7-9(3)16(22)19-18-11/h5-8H,1-4H3,(H,19,22). The molecule has 3 aromatic rings. The van der Waals surface area contributed by atoms with Gasteiger partial charge in [-0.25, -0.2) is 9.49 Å². The summed E-state index contributed by atoms with van der Waals surface area (Å²) in [5, 5.41) is 10.8. The number of ether oxygens (including phenoxy) is 1. The van der Waals surface area contributed by atoms with Crippen molar-refractivity contribution in [1.29, 1.82) is 0 Å². The molecule has 0 spiro atoms. The highest BCUT2D eigenvalue weighted by Crippen LogP contribution is 2.32. The first-order valence-corrected chi connectivity index (χ1v) is 7.25. The molecule has 0 atom stereocenters. The van der Waals surface area contributed by atoms with E-state index in [1.54, 1.807) is 25.1 Å². The van der Waals surface area contributed by atoms with E-state index in [2.05, 4.69) is 15.3 Å². The topological polar surface area (TPSA) is 72.3 Å². The maximum atomic E-state index is 14.9. The summed E-state index contributed by atoms with van der Waals surface area (Å²) >= 11 is 0. The number of hydrogen-bond donors (Lipinski definition) is 1. The molecule has 0 unspecified atom stereocenters. The smallest absolute Gasteiger partial charge is 0.267 e. The molecule has 0 aliphatic carbocycles. The minimum Gasteiger partial charge on any atom is -0.481 e. The van der Waals surface area contributed by atoms with Gasteiger partial charge in [-0.2, -0.15) is 14.7 Å². The minimum atomic E-state index is -0.403. The summed E-state index contributed by atoms with van der Waals surface area (Å²) in [6, 6.07) is 5.03. The van der Waals surface area contributed by atoms with Crippen LogP contribution in [0.25, 0.3) is 16.8 Å². The average Bonchev–Trinajstić information content (AvgIpc) is 2.87. The fourth-order valence-electron chi connectivity index (χ4n) is 2.48. The molecule has 0 aromatic carbocycles. The van der Waals surface area contributed by atoms with Crippen LogP contribution in [0.15, 0.2) is 23.0 Å². The van der Waals surface area contributed by atoms with Gasteiger partial charge in [-0.1, -0.05) is 13.8 Å². The number of methoxy groups -OCH3 is 1. The number of hydrogen-bond acceptors (Lipinski definition) is 4. The quantitative estimate of drug-likeness (QED) is 0.806. The Labute approximate surface area is 131 Å². The van der Waals surface area contributed by atoms with Gasteiger partial charge in [0.2, 0.25) is 5.88 Å². The van der Waals surface area contributed by atoms with Crippen molar-refractivity contribution >= 4 is 5.52 Å². The van der Waals surface area contributed by atoms with E-state index in [1.807, 2.05) is 13.8 Å². The second-order valence-corrected chi connectivity index (χ2v) is 5.67. The maximum Gasteiger partial charge on any atom is 0.267 e. The number of H-pyrrole nitrogens is 1. The van der Waals surface area contributed by atoms with Crippen LogP contribution in [0.5, 0.6) is 5.88 Å². The van der Waals surface area contributed by atoms with Gasteiger partial charge < -0.3 is 4.74 Å². The largest absolute Gasteiger partial charge is 0.481 e. The zero-order valence-electron chi connectivity index (χ0n) is 13.3. The van der Waals surface area contributed by atoms with E-state index >= 15 is 0 Å². The fraction of sp³-hybridized carbons (Fsp3) is 0.312. The first-order chi connectivity index (χ1) is 10.9. The molecule has 0 aliphatic rings. The highest BCUT2D eigenvalue weighted by molar-refractivity contribution is 5.79. The van der Waals surface area contributed by atoms with Gasteiger partial charge in [0.05, 0.1) is 12.8 Å². The van der Waals surface area contributed by atoms with Crippen molar-refractivity contribution in [1.82, 2.24) is 19.8 Å². The van der Waals surface area contributed by atoms with Crippen LogP contribution < -0.4 is 10.3 Å². The lowest BCUT2D eigenvalue weighted by molar-refractivity contribution is 0.385. The van der Waals surface area contributed by atoms with Crippen LogP contribution in [0.2, 0.25) is 0 Å². The monoisotopic (exact) mass is 316 g/mol. The Kier molecular flexibility index (Phi) is 3.63. The number of aromatic amines is 1. The molecule has 3 rings (SSSR count). The lowest BCUT2D eigenvalue weighted by atomic mass is 10.1. The lowest BCUT2D eigenvalue weighted by Crippen LogP contribution is -2.11. The first-order valence-electron chi connectivity index (χ1n) is 7.25. The van der Waals surface area contributed by atoms with Crippen molar-refractivity contribution in [3.63, 3.8) is 0 Å². The van der Waals surface area contributed by atoms with Crippen molar-refractivity contribution in [3.8, 4) is 17.1 Å². The summed E-state index contributed by atoms with van der Waals surface area (Å²) < 4.78 is 21.6. The van der Waals surface area contributed by atoms with Crippen LogP contribution in [0, 0.1) is 12.7 Å². The predicted octanol–water partition coefficient (Wildman–Crippen LogP) is 2.66. The van der Waals surface area contributed by atoms with E-state index in [0.29, 0.717) is 28.4 Å². The zero-order chi connectivity index (χ0) is 16.7. The average molecular weight is 316 g/mol. The number of halogens is 1. The summed E-state index contributed by atoms with van der Waals surface area (Å²) in [7, 11) is 1.51. The normalized spacial score (nSPS) is 11.4. The minimum absolute atomic E-state index is 0.0715. The number of nitrogens with zero attached hydrogens (tertiary/aromatic N) is 3. The summed E-state index contributed by atoms with van der Waals surface area (Å²) in [5.74, 6) is -0.0482. The molecule has 1 N–H and O–H groups in total. The Morgan fingerprint density at radius 3 is 2.70 bits per heavy atom. The summed E-state index contributed by atoms with van der Waals surface area (Å²) in [4.78, 5) is 11.5. The Balaban J connectivity index is 2.37. The third kappa shape index (κ3) is 2.38. The van der Waals surface area contributed by atoms with E-state index in [9.17, 15) is 9.18 Å². The summed E-state index contributed by atoms with van der Waals surface area (Å²) in [6.07, 6.45) is 0. The number of fused-ring (bicyclic) bond motifs is 1. The molecule has 0 bridgehead atoms. The summed E-state index contributed by atoms with van der Waals surface area (Å²) in [6.45, 7) is 5.43. The summed E-state index contributed by atoms with van der Waals surface area (Å²) in [5.41, 5.74) is 1.90. The number of pyridine rings is 1. The second kappa shape index (κ2) is 5.49. The molecule has 7 heteroatoms. The molecule has 23 heavy (non-hydrogen) atoms. The number of aryl methyl sites for hydroxylation is 1. The van der Waals surface area contributed by atoms with E-state index in [4.69, 9.17) is 4.74 Å². The third-order valence-electron chi connectivity index (χ3n) is 3.73. The third-order valence-corrected chi connectivity index (χ3v) is 3.73. The van der Waals surface area contributed by atoms with Crippen molar-refractivity contribution in [2.24, 2.45) is 0 Å². The number of aromatic nitrogens is 4. The zero-order valence-corrected chi connectivity index (χ0v) is 13.3. The van der Waals surface area contributed by atoms with Gasteiger partial charge in [0, 0.05) is 23.1 Å². The number of rotatable bonds is 3. The molecule has 6 nitrogen and oxygen atoms in total. The molecule has 0 radical (unpaired) electrons. The Morgan fingerprint density at radius 1 is 1.35 bits per heavy atom. The molecule has 0 fully saturated rings. The molecule has 3 heterocycles. The first kappa shape index (κ1) is 15.2. The van der Waals surface area contributed by atoms with Crippen molar-refractivity contribution in [3.05, 3.63) is 45.6 Å². The van der Waals surface area contributed by atoms with Crippen LogP contribution >= 0.6 is 0 Å². The van der Waals surface area contributed by atoms with Crippen LogP contribution in [0.1, 0.15) is 31.0 Å². The number of nitrogens with one attached hydrogen (secondary N) is 1. The lowest BCUT2D eigenvalue weighted by Gasteiger charge is -2.07. The van der Waals surface area contributed by atoms with E-state index in [1.165, 1.54) is 11.6 Å². The van der Waals surface area contributed by atoms with Crippen LogP contribution in [0.4, 0.5) is 4.39 Å².